The van der Waals surface area contributed by atoms with Crippen LogP contribution >= 0.6 is 11.6 Å². The Kier molecular flexibility index (Phi) is 3.75. The van der Waals surface area contributed by atoms with Gasteiger partial charge < -0.3 is 9.73 Å². The lowest BCUT2D eigenvalue weighted by molar-refractivity contribution is -0.583. The van der Waals surface area contributed by atoms with Gasteiger partial charge in [0.05, 0.1) is 5.56 Å². The van der Waals surface area contributed by atoms with Crippen molar-refractivity contribution in [2.75, 3.05) is 0 Å². The summed E-state index contributed by atoms with van der Waals surface area (Å²) in [5.41, 5.74) is 2.04. The average molecular weight is 414 g/mol. The lowest BCUT2D eigenvalue weighted by atomic mass is 10.2. The highest BCUT2D eigenvalue weighted by atomic mass is 35.5. The molecule has 0 aliphatic heterocycles. The van der Waals surface area contributed by atoms with Gasteiger partial charge >= 0.3 is 0 Å². The van der Waals surface area contributed by atoms with Crippen molar-refractivity contribution in [1.82, 2.24) is 19.5 Å². The molecule has 7 nitrogen and oxygen atoms in total. The molecule has 0 aliphatic carbocycles. The Morgan fingerprint density at radius 1 is 1.17 bits per heavy atom. The van der Waals surface area contributed by atoms with Crippen molar-refractivity contribution in [2.24, 2.45) is 0 Å². The van der Waals surface area contributed by atoms with Crippen LogP contribution in [-0.2, 0) is 0 Å². The number of imidazole rings is 1. The highest BCUT2D eigenvalue weighted by molar-refractivity contribution is 6.31. The van der Waals surface area contributed by atoms with Gasteiger partial charge in [0.1, 0.15) is 29.0 Å². The number of halogens is 3. The molecule has 0 atom stereocenters. The lowest BCUT2D eigenvalue weighted by Gasteiger charge is -2.08. The number of rotatable bonds is 2. The van der Waals surface area contributed by atoms with Gasteiger partial charge in [-0.25, -0.2) is 13.8 Å². The minimum Gasteiger partial charge on any atom is -0.618 e. The molecule has 0 saturated carbocycles. The van der Waals surface area contributed by atoms with E-state index in [1.165, 1.54) is 12.4 Å². The molecule has 0 spiro atoms. The first-order chi connectivity index (χ1) is 13.9. The third-order valence-corrected chi connectivity index (χ3v) is 4.87. The van der Waals surface area contributed by atoms with Crippen LogP contribution in [0.25, 0.3) is 39.5 Å². The van der Waals surface area contributed by atoms with Crippen molar-refractivity contribution in [3.05, 3.63) is 70.3 Å². The second-order valence-corrected chi connectivity index (χ2v) is 6.81. The topological polar surface area (TPSA) is 83.2 Å². The van der Waals surface area contributed by atoms with E-state index < -0.39 is 11.6 Å². The summed E-state index contributed by atoms with van der Waals surface area (Å²) in [5, 5.41) is 16.9. The van der Waals surface area contributed by atoms with E-state index in [1.54, 1.807) is 29.5 Å². The van der Waals surface area contributed by atoms with Gasteiger partial charge in [-0.3, -0.25) is 4.40 Å². The van der Waals surface area contributed by atoms with Gasteiger partial charge in [0, 0.05) is 24.1 Å². The number of hydrogen-bond donors (Lipinski definition) is 0. The molecule has 0 radical (unpaired) electrons. The maximum atomic E-state index is 14.0. The molecule has 29 heavy (non-hydrogen) atoms. The van der Waals surface area contributed by atoms with E-state index in [0.717, 1.165) is 16.9 Å². The summed E-state index contributed by atoms with van der Waals surface area (Å²) >= 11 is 6.01. The molecule has 5 aromatic rings. The Morgan fingerprint density at radius 2 is 2.00 bits per heavy atom. The normalized spacial score (nSPS) is 11.6. The third-order valence-electron chi connectivity index (χ3n) is 4.63. The van der Waals surface area contributed by atoms with E-state index in [1.807, 2.05) is 0 Å². The number of nitrogens with zero attached hydrogens (tertiary/aromatic N) is 5. The van der Waals surface area contributed by atoms with E-state index in [9.17, 15) is 14.0 Å². The van der Waals surface area contributed by atoms with Crippen molar-refractivity contribution >= 4 is 28.2 Å². The zero-order chi connectivity index (χ0) is 20.3. The van der Waals surface area contributed by atoms with E-state index in [2.05, 4.69) is 15.1 Å². The molecule has 0 unspecified atom stereocenters. The SMILES string of the molecule is Cc1c2c(-c3nc(-c4ccc(F)cc4F)no3)ncn2c2ccc(Cl)cc2[n+]1[O-]. The second-order valence-electron chi connectivity index (χ2n) is 6.37. The molecule has 0 saturated heterocycles. The number of benzene rings is 2. The van der Waals surface area contributed by atoms with Crippen molar-refractivity contribution < 1.29 is 18.0 Å². The smallest absolute Gasteiger partial charge is 0.279 e. The van der Waals surface area contributed by atoms with Crippen molar-refractivity contribution in [1.29, 1.82) is 0 Å². The molecule has 3 heterocycles. The molecule has 0 amide bonds. The highest BCUT2D eigenvalue weighted by Gasteiger charge is 2.24. The van der Waals surface area contributed by atoms with Crippen LogP contribution in [0.1, 0.15) is 5.69 Å². The quantitative estimate of drug-likeness (QED) is 0.321. The van der Waals surface area contributed by atoms with Gasteiger partial charge in [-0.1, -0.05) is 16.8 Å². The summed E-state index contributed by atoms with van der Waals surface area (Å²) in [4.78, 5) is 8.49. The van der Waals surface area contributed by atoms with Crippen LogP contribution < -0.4 is 4.73 Å². The number of aryl methyl sites for hydroxylation is 1. The minimum atomic E-state index is -0.816. The molecular weight excluding hydrogens is 404 g/mol. The predicted molar refractivity (Wildman–Crippen MR) is 100 cm³/mol. The summed E-state index contributed by atoms with van der Waals surface area (Å²) in [6.07, 6.45) is 1.52. The van der Waals surface area contributed by atoms with Gasteiger partial charge in [-0.2, -0.15) is 9.71 Å². The summed E-state index contributed by atoms with van der Waals surface area (Å²) in [5.74, 6) is -1.58. The molecule has 0 aliphatic rings. The Bertz CT molecular complexity index is 1430. The van der Waals surface area contributed by atoms with E-state index >= 15 is 0 Å². The first-order valence-corrected chi connectivity index (χ1v) is 8.80. The summed E-state index contributed by atoms with van der Waals surface area (Å²) in [7, 11) is 0. The zero-order valence-corrected chi connectivity index (χ0v) is 15.5. The Labute approximate surface area is 166 Å². The second kappa shape index (κ2) is 6.21. The Morgan fingerprint density at radius 3 is 2.79 bits per heavy atom. The fourth-order valence-electron chi connectivity index (χ4n) is 3.27. The fraction of sp³-hybridized carbons (Fsp3) is 0.0526. The maximum Gasteiger partial charge on any atom is 0.279 e. The number of fused-ring (bicyclic) bond motifs is 3. The fourth-order valence-corrected chi connectivity index (χ4v) is 3.44. The first-order valence-electron chi connectivity index (χ1n) is 8.42. The summed E-state index contributed by atoms with van der Waals surface area (Å²) in [6, 6.07) is 8.00. The first kappa shape index (κ1) is 17.5. The van der Waals surface area contributed by atoms with Crippen molar-refractivity contribution in [3.63, 3.8) is 0 Å². The lowest BCUT2D eigenvalue weighted by Crippen LogP contribution is -2.32. The highest BCUT2D eigenvalue weighted by Crippen LogP contribution is 2.29. The van der Waals surface area contributed by atoms with Gasteiger partial charge in [-0.05, 0) is 24.3 Å². The molecule has 0 fully saturated rings. The minimum absolute atomic E-state index is 0.00244. The number of aromatic nitrogens is 5. The monoisotopic (exact) mass is 413 g/mol. The summed E-state index contributed by atoms with van der Waals surface area (Å²) < 4.78 is 34.9. The maximum absolute atomic E-state index is 14.0. The van der Waals surface area contributed by atoms with Crippen molar-refractivity contribution in [3.8, 4) is 23.0 Å². The van der Waals surface area contributed by atoms with Crippen molar-refractivity contribution in [2.45, 2.75) is 6.92 Å². The van der Waals surface area contributed by atoms with Crippen LogP contribution in [0.4, 0.5) is 8.78 Å². The van der Waals surface area contributed by atoms with Gasteiger partial charge in [-0.15, -0.1) is 0 Å². The number of hydrogen-bond acceptors (Lipinski definition) is 5. The van der Waals surface area contributed by atoms with E-state index in [4.69, 9.17) is 16.1 Å². The van der Waals surface area contributed by atoms with Crippen LogP contribution in [-0.4, -0.2) is 19.5 Å². The molecule has 0 bridgehead atoms. The van der Waals surface area contributed by atoms with Gasteiger partial charge in [0.15, 0.2) is 5.69 Å². The van der Waals surface area contributed by atoms with Crippen LogP contribution in [0.15, 0.2) is 47.2 Å². The molecular formula is C19H10ClF2N5O2. The Balaban J connectivity index is 1.72. The predicted octanol–water partition coefficient (Wildman–Crippen LogP) is 4.08. The van der Waals surface area contributed by atoms with E-state index in [0.29, 0.717) is 27.3 Å². The standard InChI is InChI=1S/C19H10ClF2N5O2/c1-9-17-16(19-24-18(25-29-19)12-4-3-11(21)7-13(12)22)23-8-26(17)14-5-2-10(20)6-15(14)27(9)28/h2-8H,1H3. The average Bonchev–Trinajstić information content (AvgIpc) is 3.33. The van der Waals surface area contributed by atoms with Crippen LogP contribution in [0.3, 0.4) is 0 Å². The van der Waals surface area contributed by atoms with E-state index in [-0.39, 0.29) is 23.0 Å². The van der Waals surface area contributed by atoms with Gasteiger partial charge in [0.2, 0.25) is 17.0 Å². The van der Waals surface area contributed by atoms with Crippen LogP contribution in [0.5, 0.6) is 0 Å². The largest absolute Gasteiger partial charge is 0.618 e. The molecule has 0 N–H and O–H groups in total. The third kappa shape index (κ3) is 2.62. The van der Waals surface area contributed by atoms with Crippen LogP contribution in [0, 0.1) is 23.8 Å². The molecule has 144 valence electrons. The molecule has 3 aromatic heterocycles. The summed E-state index contributed by atoms with van der Waals surface area (Å²) in [6.45, 7) is 1.63. The Hall–Kier alpha value is -3.59. The molecule has 2 aromatic carbocycles. The molecule has 10 heteroatoms. The van der Waals surface area contributed by atoms with Crippen LogP contribution in [0.2, 0.25) is 5.02 Å². The molecule has 5 rings (SSSR count). The zero-order valence-electron chi connectivity index (χ0n) is 14.7. The van der Waals surface area contributed by atoms with Gasteiger partial charge in [0.25, 0.3) is 5.89 Å².